The number of aryl methyl sites for hydroxylation is 1. The zero-order valence-electron chi connectivity index (χ0n) is 28.3. The molecular weight excluding hydrogens is 818 g/mol. The van der Waals surface area contributed by atoms with Gasteiger partial charge in [0.1, 0.15) is 28.7 Å². The molecule has 0 saturated carbocycles. The molecule has 262 valence electrons. The third kappa shape index (κ3) is 6.05. The van der Waals surface area contributed by atoms with Crippen LogP contribution in [0.5, 0.6) is 0 Å². The van der Waals surface area contributed by atoms with Crippen molar-refractivity contribution >= 4 is 99.3 Å². The minimum Gasteiger partial charge on any atom is -0.370 e. The average molecular weight is 842 g/mol. The van der Waals surface area contributed by atoms with Gasteiger partial charge in [-0.1, -0.05) is 53.7 Å². The third-order valence-corrected chi connectivity index (χ3v) is 9.42. The zero-order chi connectivity index (χ0) is 37.7. The molecule has 1 aliphatic rings. The second-order valence-electron chi connectivity index (χ2n) is 12.0. The van der Waals surface area contributed by atoms with E-state index in [4.69, 9.17) is 20.2 Å². The van der Waals surface area contributed by atoms with Gasteiger partial charge in [-0.05, 0) is 73.0 Å². The van der Waals surface area contributed by atoms with Crippen LogP contribution >= 0.6 is 31.9 Å². The van der Waals surface area contributed by atoms with Crippen molar-refractivity contribution in [3.63, 3.8) is 0 Å². The Morgan fingerprint density at radius 2 is 1.70 bits per heavy atom. The Hall–Kier alpha value is -6.68. The quantitative estimate of drug-likeness (QED) is 0.109. The second kappa shape index (κ2) is 13.7. The summed E-state index contributed by atoms with van der Waals surface area (Å²) in [4.78, 5) is 56.0. The minimum atomic E-state index is -0.891. The summed E-state index contributed by atoms with van der Waals surface area (Å²) in [7, 11) is 0. The van der Waals surface area contributed by atoms with Crippen molar-refractivity contribution in [1.82, 2.24) is 24.8 Å². The summed E-state index contributed by atoms with van der Waals surface area (Å²) in [6, 6.07) is 17.9. The fourth-order valence-corrected chi connectivity index (χ4v) is 6.95. The van der Waals surface area contributed by atoms with Gasteiger partial charge in [0.05, 0.1) is 22.7 Å². The average Bonchev–Trinajstić information content (AvgIpc) is 3.69. The predicted molar refractivity (Wildman–Crippen MR) is 211 cm³/mol. The summed E-state index contributed by atoms with van der Waals surface area (Å²) in [6.07, 6.45) is 2.95. The molecule has 0 radical (unpaired) electrons. The first kappa shape index (κ1) is 34.4. The molecule has 1 aliphatic heterocycles. The fourth-order valence-electron chi connectivity index (χ4n) is 6.22. The molecule has 0 saturated heterocycles. The van der Waals surface area contributed by atoms with E-state index in [0.29, 0.717) is 65.9 Å². The maximum absolute atomic E-state index is 15.0. The molecule has 8 rings (SSSR count). The molecule has 0 unspecified atom stereocenters. The third-order valence-electron chi connectivity index (χ3n) is 8.43. The molecule has 7 aromatic rings. The maximum Gasteiger partial charge on any atom is 0.452 e. The van der Waals surface area contributed by atoms with Gasteiger partial charge in [-0.15, -0.1) is 0 Å². The molecule has 2 amide bonds. The summed E-state index contributed by atoms with van der Waals surface area (Å²) in [6.45, 7) is 4.23. The Balaban J connectivity index is 1.50. The van der Waals surface area contributed by atoms with Crippen LogP contribution in [0, 0.1) is 30.6 Å². The molecule has 6 heterocycles. The van der Waals surface area contributed by atoms with Gasteiger partial charge in [0.25, 0.3) is 5.91 Å². The molecule has 15 heteroatoms. The largest absolute Gasteiger partial charge is 0.452 e. The predicted octanol–water partition coefficient (Wildman–Crippen LogP) is 5.80. The lowest BCUT2D eigenvalue weighted by molar-refractivity contribution is -0.490. The molecular formula is C39H24Br2N9O4+. The van der Waals surface area contributed by atoms with Crippen LogP contribution in [0.2, 0.25) is 0 Å². The lowest BCUT2D eigenvalue weighted by Gasteiger charge is -2.12. The number of rotatable bonds is 5. The molecule has 0 bridgehead atoms. The maximum atomic E-state index is 15.0. The van der Waals surface area contributed by atoms with E-state index in [9.17, 15) is 14.4 Å². The number of pyridine rings is 4. The van der Waals surface area contributed by atoms with E-state index in [2.05, 4.69) is 76.3 Å². The van der Waals surface area contributed by atoms with E-state index in [1.165, 1.54) is 6.20 Å². The monoisotopic (exact) mass is 840 g/mol. The molecule has 5 aromatic heterocycles. The summed E-state index contributed by atoms with van der Waals surface area (Å²) in [5.41, 5.74) is 6.11. The summed E-state index contributed by atoms with van der Waals surface area (Å²) >= 11 is 7.10. The number of primary amides is 1. The molecule has 54 heavy (non-hydrogen) atoms. The first-order valence-electron chi connectivity index (χ1n) is 16.3. The number of amides is 2. The van der Waals surface area contributed by atoms with Crippen molar-refractivity contribution < 1.29 is 18.8 Å². The molecule has 2 aromatic carbocycles. The van der Waals surface area contributed by atoms with Gasteiger partial charge in [0, 0.05) is 61.1 Å². The van der Waals surface area contributed by atoms with Crippen molar-refractivity contribution in [2.75, 3.05) is 17.2 Å². The molecule has 0 atom stereocenters. The van der Waals surface area contributed by atoms with Crippen LogP contribution in [-0.2, 0) is 4.79 Å². The standard InChI is InChI=1S/C39H23Br2N9O4/c1-3-43-36-25-11-8-22(40)17-27(25)32-34(46-36)21(7-14-30(42)51)19-49(38(32)52)50-29(13-10-24-6-4-5-15-44-24)35-33(39(50)53)28-18-23(41)9-12-26(28)37(47-35)45-31-16-20(2)54-48-31/h4-6,8-9,11-12,15-19H,3H2,1-2H3,(H3-,42,43,45,46,47,48,51,52,53)/p+1. The molecule has 0 spiro atoms. The Morgan fingerprint density at radius 1 is 0.944 bits per heavy atom. The Labute approximate surface area is 322 Å². The van der Waals surface area contributed by atoms with E-state index in [1.54, 1.807) is 49.5 Å². The number of carbonyl (C=O) groups is 2. The van der Waals surface area contributed by atoms with Crippen LogP contribution in [0.15, 0.2) is 91.3 Å². The van der Waals surface area contributed by atoms with Crippen LogP contribution in [-0.4, -0.2) is 53.5 Å². The number of benzene rings is 2. The minimum absolute atomic E-state index is 0.0832. The van der Waals surface area contributed by atoms with Crippen LogP contribution in [0.1, 0.15) is 40.0 Å². The van der Waals surface area contributed by atoms with Gasteiger partial charge in [-0.3, -0.25) is 9.59 Å². The highest BCUT2D eigenvalue weighted by atomic mass is 79.9. The fraction of sp³-hybridized carbons (Fsp3) is 0.0769. The van der Waals surface area contributed by atoms with Gasteiger partial charge in [-0.25, -0.2) is 19.7 Å². The highest BCUT2D eigenvalue weighted by Crippen LogP contribution is 2.36. The van der Waals surface area contributed by atoms with E-state index in [0.717, 1.165) is 9.36 Å². The van der Waals surface area contributed by atoms with E-state index in [1.807, 2.05) is 31.2 Å². The number of anilines is 3. The highest BCUT2D eigenvalue weighted by Gasteiger charge is 2.44. The van der Waals surface area contributed by atoms with Crippen molar-refractivity contribution in [3.05, 3.63) is 121 Å². The Morgan fingerprint density at radius 3 is 2.39 bits per heavy atom. The number of hydrogen-bond donors (Lipinski definition) is 3. The first-order chi connectivity index (χ1) is 26.1. The molecule has 0 aliphatic carbocycles. The Bertz CT molecular complexity index is 3010. The normalized spacial score (nSPS) is 12.0. The summed E-state index contributed by atoms with van der Waals surface area (Å²) in [5, 5.41) is 13.0. The number of nitrogens with zero attached hydrogens (tertiary/aromatic N) is 6. The highest BCUT2D eigenvalue weighted by molar-refractivity contribution is 9.10. The van der Waals surface area contributed by atoms with Gasteiger partial charge < -0.3 is 20.9 Å². The number of fused-ring (bicyclic) bond motifs is 6. The van der Waals surface area contributed by atoms with Crippen molar-refractivity contribution in [1.29, 1.82) is 0 Å². The number of carbonyl (C=O) groups excluding carboxylic acids is 2. The van der Waals surface area contributed by atoms with Crippen molar-refractivity contribution in [3.8, 4) is 23.7 Å². The number of hydrogen-bond acceptors (Lipinski definition) is 10. The lowest BCUT2D eigenvalue weighted by atomic mass is 10.0. The smallest absolute Gasteiger partial charge is 0.370 e. The van der Waals surface area contributed by atoms with E-state index < -0.39 is 17.4 Å². The van der Waals surface area contributed by atoms with Crippen LogP contribution in [0.4, 0.5) is 17.5 Å². The van der Waals surface area contributed by atoms with E-state index >= 15 is 0 Å². The van der Waals surface area contributed by atoms with Crippen LogP contribution in [0.25, 0.3) is 32.4 Å². The van der Waals surface area contributed by atoms with Gasteiger partial charge in [0.2, 0.25) is 0 Å². The number of nitrogens with two attached hydrogens (primary N) is 1. The van der Waals surface area contributed by atoms with Gasteiger partial charge >= 0.3 is 17.2 Å². The van der Waals surface area contributed by atoms with Gasteiger partial charge in [-0.2, -0.15) is 0 Å². The number of nitrogens with one attached hydrogen (secondary N) is 2. The van der Waals surface area contributed by atoms with Crippen LogP contribution in [0.3, 0.4) is 0 Å². The lowest BCUT2D eigenvalue weighted by Crippen LogP contribution is -2.36. The van der Waals surface area contributed by atoms with Crippen molar-refractivity contribution in [2.24, 2.45) is 5.73 Å². The van der Waals surface area contributed by atoms with E-state index in [-0.39, 0.29) is 33.4 Å². The molecule has 13 nitrogen and oxygen atoms in total. The SMILES string of the molecule is CCNc1nc2c(C#CC(N)=O)cn([N+]3=C(C#Cc4ccccn4)c4nc(Nc5cc(C)on5)c5ccc(Br)cc5c4C3=O)c(=O)c2c2cc(Br)ccc12. The van der Waals surface area contributed by atoms with Crippen molar-refractivity contribution in [2.45, 2.75) is 13.8 Å². The number of halogens is 2. The summed E-state index contributed by atoms with van der Waals surface area (Å²) in [5.74, 6) is 11.7. The molecule has 0 fully saturated rings. The van der Waals surface area contributed by atoms with Crippen LogP contribution < -0.4 is 21.9 Å². The second-order valence-corrected chi connectivity index (χ2v) is 13.8. The topological polar surface area (TPSA) is 174 Å². The van der Waals surface area contributed by atoms with Gasteiger partial charge in [0.15, 0.2) is 11.5 Å². The zero-order valence-corrected chi connectivity index (χ0v) is 31.5. The Kier molecular flexibility index (Phi) is 8.73. The molecule has 4 N–H and O–H groups in total. The summed E-state index contributed by atoms with van der Waals surface area (Å²) < 4.78 is 8.97. The first-order valence-corrected chi connectivity index (χ1v) is 17.9. The number of aromatic nitrogens is 5.